The average Bonchev–Trinajstić information content (AvgIpc) is 3.58. The van der Waals surface area contributed by atoms with Gasteiger partial charge in [0.2, 0.25) is 0 Å². The smallest absolute Gasteiger partial charge is 0.318 e. The maximum Gasteiger partial charge on any atom is 0.318 e. The summed E-state index contributed by atoms with van der Waals surface area (Å²) in [6.45, 7) is 4.70. The number of anilines is 1. The van der Waals surface area contributed by atoms with Gasteiger partial charge in [-0.05, 0) is 56.5 Å². The molecule has 236 valence electrons. The first-order valence-corrected chi connectivity index (χ1v) is 16.6. The van der Waals surface area contributed by atoms with E-state index in [9.17, 15) is 4.39 Å². The number of nitrogens with one attached hydrogen (secondary N) is 2. The van der Waals surface area contributed by atoms with Crippen LogP contribution in [0.2, 0.25) is 5.02 Å². The second kappa shape index (κ2) is 12.1. The fourth-order valence-electron chi connectivity index (χ4n) is 8.03. The summed E-state index contributed by atoms with van der Waals surface area (Å²) in [5.74, 6) is 0.789. The molecule has 44 heavy (non-hydrogen) atoms. The van der Waals surface area contributed by atoms with Crippen molar-refractivity contribution in [1.29, 1.82) is 5.41 Å². The van der Waals surface area contributed by atoms with Gasteiger partial charge in [-0.2, -0.15) is 9.97 Å². The van der Waals surface area contributed by atoms with E-state index in [0.717, 1.165) is 90.7 Å². The number of alkyl halides is 1. The number of ether oxygens (including phenoxy) is 2. The fraction of sp³-hybridized carbons (Fsp3) is 0.594. The number of nitrogens with zero attached hydrogens (tertiary/aromatic N) is 4. The highest BCUT2D eigenvalue weighted by atomic mass is 35.5. The number of hydrogen-bond donors (Lipinski definition) is 3. The van der Waals surface area contributed by atoms with Crippen molar-refractivity contribution in [2.24, 2.45) is 0 Å². The number of halogens is 3. The van der Waals surface area contributed by atoms with Crippen molar-refractivity contribution in [3.63, 3.8) is 0 Å². The van der Waals surface area contributed by atoms with E-state index in [1.54, 1.807) is 0 Å². The standard InChI is InChI=1S/C32H40Cl2FN7O2/c1-37-15-25(36)28(34)27-17-41(11-4-10-38-27)29-22-18-44-32(9-7-21-23(32)5-2-6-24(21)33)14-26(22)39-30(40-29)43-19-31-8-3-12-42(31)16-20(35)13-31/h2,5-6,20,36-38H,3-4,7-19H2,1H3/p+1/b28-27+,36-25?/t20-,31+,32+/m1/s1. The van der Waals surface area contributed by atoms with E-state index in [4.69, 9.17) is 48.1 Å². The summed E-state index contributed by atoms with van der Waals surface area (Å²) in [5.41, 5.74) is 4.69. The molecule has 3 atom stereocenters. The quantitative estimate of drug-likeness (QED) is 0.397. The van der Waals surface area contributed by atoms with E-state index in [1.807, 2.05) is 19.2 Å². The molecule has 0 amide bonds. The third-order valence-electron chi connectivity index (χ3n) is 10.2. The third kappa shape index (κ3) is 5.41. The number of hydrogen-bond acceptors (Lipinski definition) is 8. The van der Waals surface area contributed by atoms with E-state index in [2.05, 4.69) is 26.5 Å². The topological polar surface area (TPSA) is 103 Å². The lowest BCUT2D eigenvalue weighted by Crippen LogP contribution is -2.83. The normalized spacial score (nSPS) is 29.4. The van der Waals surface area contributed by atoms with Gasteiger partial charge in [0.05, 0.1) is 42.2 Å². The molecule has 12 heteroatoms. The van der Waals surface area contributed by atoms with Crippen LogP contribution in [-0.4, -0.2) is 85.2 Å². The van der Waals surface area contributed by atoms with Gasteiger partial charge in [-0.1, -0.05) is 35.3 Å². The molecule has 0 saturated carbocycles. The van der Waals surface area contributed by atoms with Gasteiger partial charge in [-0.3, -0.25) is 4.90 Å². The highest BCUT2D eigenvalue weighted by Crippen LogP contribution is 2.49. The van der Waals surface area contributed by atoms with Crippen molar-refractivity contribution in [3.8, 4) is 6.01 Å². The largest absolute Gasteiger partial charge is 0.461 e. The molecule has 4 aliphatic heterocycles. The molecular weight excluding hydrogens is 604 g/mol. The molecule has 0 bridgehead atoms. The molecule has 5 aliphatic rings. The van der Waals surface area contributed by atoms with E-state index in [-0.39, 0.29) is 5.54 Å². The minimum absolute atomic E-state index is 0.293. The zero-order valence-corrected chi connectivity index (χ0v) is 26.7. The van der Waals surface area contributed by atoms with Gasteiger partial charge >= 0.3 is 6.01 Å². The van der Waals surface area contributed by atoms with Crippen LogP contribution in [0.5, 0.6) is 6.01 Å². The number of benzene rings is 1. The molecule has 3 saturated heterocycles. The van der Waals surface area contributed by atoms with E-state index in [1.165, 1.54) is 0 Å². The third-order valence-corrected chi connectivity index (χ3v) is 11.0. The van der Waals surface area contributed by atoms with Crippen molar-refractivity contribution in [3.05, 3.63) is 56.3 Å². The van der Waals surface area contributed by atoms with E-state index < -0.39 is 11.8 Å². The molecule has 3 fully saturated rings. The van der Waals surface area contributed by atoms with Crippen LogP contribution >= 0.6 is 23.2 Å². The summed E-state index contributed by atoms with van der Waals surface area (Å²) >= 11 is 13.3. The van der Waals surface area contributed by atoms with Crippen molar-refractivity contribution in [2.75, 3.05) is 57.8 Å². The van der Waals surface area contributed by atoms with Gasteiger partial charge in [0.1, 0.15) is 29.3 Å². The lowest BCUT2D eigenvalue weighted by atomic mass is 9.87. The Morgan fingerprint density at radius 1 is 1.25 bits per heavy atom. The monoisotopic (exact) mass is 644 g/mol. The number of nitrogens with two attached hydrogens (primary N) is 1. The van der Waals surface area contributed by atoms with Gasteiger partial charge in [0.15, 0.2) is 0 Å². The molecule has 4 N–H and O–H groups in total. The molecule has 0 unspecified atom stereocenters. The van der Waals surface area contributed by atoms with Crippen molar-refractivity contribution < 1.29 is 19.2 Å². The van der Waals surface area contributed by atoms with Crippen LogP contribution in [0.1, 0.15) is 54.5 Å². The molecule has 0 radical (unpaired) electrons. The highest BCUT2D eigenvalue weighted by molar-refractivity contribution is 6.43. The van der Waals surface area contributed by atoms with E-state index in [0.29, 0.717) is 62.4 Å². The average molecular weight is 646 g/mol. The SMILES string of the molecule is CNCC(=N)/C(Cl)=C1/CN(c2nc(OC[C@@]34CCCN3C[C@H](F)C4)nc3c2CO[C@@]2(CCc4c(Cl)cccc42)C3)CCC[NH2+]1. The second-order valence-corrected chi connectivity index (χ2v) is 13.7. The first kappa shape index (κ1) is 30.3. The summed E-state index contributed by atoms with van der Waals surface area (Å²) in [6.07, 6.45) is 4.87. The molecule has 5 heterocycles. The maximum atomic E-state index is 14.5. The van der Waals surface area contributed by atoms with Crippen LogP contribution in [0.4, 0.5) is 10.2 Å². The summed E-state index contributed by atoms with van der Waals surface area (Å²) in [6, 6.07) is 6.40. The maximum absolute atomic E-state index is 14.5. The van der Waals surface area contributed by atoms with Crippen LogP contribution in [0.15, 0.2) is 28.9 Å². The first-order valence-electron chi connectivity index (χ1n) is 15.8. The number of quaternary nitrogens is 1. The number of aromatic nitrogens is 2. The predicted octanol–water partition coefficient (Wildman–Crippen LogP) is 3.46. The van der Waals surface area contributed by atoms with E-state index >= 15 is 0 Å². The Morgan fingerprint density at radius 3 is 3.00 bits per heavy atom. The summed E-state index contributed by atoms with van der Waals surface area (Å²) < 4.78 is 27.7. The molecule has 1 aromatic carbocycles. The Bertz CT molecular complexity index is 1490. The number of fused-ring (bicyclic) bond motifs is 4. The zero-order chi connectivity index (χ0) is 30.5. The van der Waals surface area contributed by atoms with Gasteiger partial charge in [-0.25, -0.2) is 4.39 Å². The Labute approximate surface area is 268 Å². The van der Waals surface area contributed by atoms with Crippen LogP contribution in [0, 0.1) is 5.41 Å². The van der Waals surface area contributed by atoms with Crippen LogP contribution in [0.3, 0.4) is 0 Å². The molecular formula is C32H41Cl2FN7O2+. The lowest BCUT2D eigenvalue weighted by molar-refractivity contribution is -0.605. The van der Waals surface area contributed by atoms with Crippen molar-refractivity contribution in [1.82, 2.24) is 20.2 Å². The van der Waals surface area contributed by atoms with Gasteiger partial charge in [0.25, 0.3) is 0 Å². The first-order chi connectivity index (χ1) is 21.3. The molecule has 9 nitrogen and oxygen atoms in total. The van der Waals surface area contributed by atoms with Crippen LogP contribution in [-0.2, 0) is 29.8 Å². The summed E-state index contributed by atoms with van der Waals surface area (Å²) in [4.78, 5) is 14.5. The Balaban J connectivity index is 1.25. The van der Waals surface area contributed by atoms with Gasteiger partial charge in [0, 0.05) is 49.5 Å². The Hall–Kier alpha value is -2.34. The van der Waals surface area contributed by atoms with Gasteiger partial charge < -0.3 is 30.4 Å². The van der Waals surface area contributed by atoms with Crippen LogP contribution < -0.4 is 20.3 Å². The van der Waals surface area contributed by atoms with Crippen molar-refractivity contribution in [2.45, 2.75) is 68.9 Å². The van der Waals surface area contributed by atoms with Crippen LogP contribution in [0.25, 0.3) is 0 Å². The minimum atomic E-state index is -0.824. The molecule has 7 rings (SSSR count). The second-order valence-electron chi connectivity index (χ2n) is 13.0. The summed E-state index contributed by atoms with van der Waals surface area (Å²) in [7, 11) is 1.81. The summed E-state index contributed by atoms with van der Waals surface area (Å²) in [5, 5.41) is 14.9. The Kier molecular flexibility index (Phi) is 8.35. The molecule has 1 aromatic heterocycles. The molecule has 1 aliphatic carbocycles. The Morgan fingerprint density at radius 2 is 2.14 bits per heavy atom. The molecule has 1 spiro atoms. The number of rotatable bonds is 7. The fourth-order valence-corrected chi connectivity index (χ4v) is 8.50. The zero-order valence-electron chi connectivity index (χ0n) is 25.2. The minimum Gasteiger partial charge on any atom is -0.461 e. The molecule has 2 aromatic rings. The lowest BCUT2D eigenvalue weighted by Gasteiger charge is -2.37. The predicted molar refractivity (Wildman–Crippen MR) is 169 cm³/mol. The highest BCUT2D eigenvalue weighted by Gasteiger charge is 2.50. The van der Waals surface area contributed by atoms with Gasteiger partial charge in [-0.15, -0.1) is 0 Å². The van der Waals surface area contributed by atoms with Crippen molar-refractivity contribution >= 4 is 34.7 Å².